The summed E-state index contributed by atoms with van der Waals surface area (Å²) in [6.45, 7) is 18.9. The van der Waals surface area contributed by atoms with Gasteiger partial charge in [-0.3, -0.25) is 4.57 Å². The van der Waals surface area contributed by atoms with E-state index < -0.39 is 0 Å². The molecule has 10 rings (SSSR count). The lowest BCUT2D eigenvalue weighted by Crippen LogP contribution is -2.24. The number of ether oxygens (including phenoxy) is 1. The summed E-state index contributed by atoms with van der Waals surface area (Å²) in [5.41, 5.74) is 17.1. The Bertz CT molecular complexity index is 3180. The maximum atomic E-state index is 6.84. The maximum Gasteiger partial charge on any atom is 0.137 e. The third-order valence-electron chi connectivity index (χ3n) is 13.2. The van der Waals surface area contributed by atoms with Crippen molar-refractivity contribution in [1.82, 2.24) is 9.55 Å². The molecule has 0 spiro atoms. The standard InChI is InChI=1S/C60H58N4O/c1-9-41-29-30-61-58(31-41)64-54-28-25-43(59-50(39(2)3)21-16-22-51(59)40(4)5)34-53(54)52-27-26-49(37-57(52)64)65-48-20-15-19-46(36-48)62-38-63(56-24-14-13-23-55(56)62)47-33-44(42-17-11-10-12-18-42)32-45(35-47)60(6,7)8/h10-37,39-40H,9,38H2,1-8H3. The number of rotatable bonds is 10. The normalized spacial score (nSPS) is 12.8. The Morgan fingerprint density at radius 1 is 0.554 bits per heavy atom. The smallest absolute Gasteiger partial charge is 0.137 e. The Labute approximate surface area is 384 Å². The first-order valence-corrected chi connectivity index (χ1v) is 23.2. The molecule has 0 N–H and O–H groups in total. The highest BCUT2D eigenvalue weighted by molar-refractivity contribution is 6.11. The van der Waals surface area contributed by atoms with Gasteiger partial charge in [0.15, 0.2) is 0 Å². The molecule has 3 heterocycles. The minimum Gasteiger partial charge on any atom is -0.457 e. The van der Waals surface area contributed by atoms with Crippen molar-refractivity contribution in [3.05, 3.63) is 192 Å². The summed E-state index contributed by atoms with van der Waals surface area (Å²) in [4.78, 5) is 9.78. The average molecular weight is 851 g/mol. The molecule has 9 aromatic rings. The number of fused-ring (bicyclic) bond motifs is 4. The molecule has 7 aromatic carbocycles. The summed E-state index contributed by atoms with van der Waals surface area (Å²) in [7, 11) is 0. The molecule has 0 aliphatic carbocycles. The van der Waals surface area contributed by atoms with Crippen molar-refractivity contribution in [3.8, 4) is 39.6 Å². The van der Waals surface area contributed by atoms with Gasteiger partial charge in [0.2, 0.25) is 0 Å². The average Bonchev–Trinajstić information content (AvgIpc) is 3.87. The Morgan fingerprint density at radius 3 is 1.95 bits per heavy atom. The zero-order valence-corrected chi connectivity index (χ0v) is 38.9. The monoisotopic (exact) mass is 850 g/mol. The second-order valence-corrected chi connectivity index (χ2v) is 19.2. The van der Waals surface area contributed by atoms with Crippen molar-refractivity contribution < 1.29 is 4.74 Å². The van der Waals surface area contributed by atoms with Crippen molar-refractivity contribution in [1.29, 1.82) is 0 Å². The minimum absolute atomic E-state index is 0.0161. The van der Waals surface area contributed by atoms with Gasteiger partial charge in [0, 0.05) is 40.5 Å². The van der Waals surface area contributed by atoms with Gasteiger partial charge in [-0.15, -0.1) is 0 Å². The van der Waals surface area contributed by atoms with Crippen molar-refractivity contribution in [3.63, 3.8) is 0 Å². The number of benzene rings is 7. The molecule has 0 saturated heterocycles. The van der Waals surface area contributed by atoms with E-state index in [4.69, 9.17) is 9.72 Å². The second kappa shape index (κ2) is 16.8. The molecule has 0 unspecified atom stereocenters. The lowest BCUT2D eigenvalue weighted by Gasteiger charge is -2.26. The van der Waals surface area contributed by atoms with Gasteiger partial charge < -0.3 is 14.5 Å². The summed E-state index contributed by atoms with van der Waals surface area (Å²) < 4.78 is 9.15. The van der Waals surface area contributed by atoms with Crippen molar-refractivity contribution in [2.45, 2.75) is 79.1 Å². The highest BCUT2D eigenvalue weighted by Crippen LogP contribution is 2.47. The van der Waals surface area contributed by atoms with Gasteiger partial charge in [0.05, 0.1) is 22.4 Å². The molecule has 5 heteroatoms. The number of hydrogen-bond donors (Lipinski definition) is 0. The molecule has 0 amide bonds. The molecule has 0 bridgehead atoms. The topological polar surface area (TPSA) is 33.5 Å². The van der Waals surface area contributed by atoms with Gasteiger partial charge in [-0.05, 0) is 141 Å². The van der Waals surface area contributed by atoms with Crippen LogP contribution in [0, 0.1) is 0 Å². The first-order valence-electron chi connectivity index (χ1n) is 23.2. The Balaban J connectivity index is 1.03. The van der Waals surface area contributed by atoms with E-state index >= 15 is 0 Å². The van der Waals surface area contributed by atoms with E-state index in [0.717, 1.165) is 46.1 Å². The van der Waals surface area contributed by atoms with E-state index in [0.29, 0.717) is 18.5 Å². The van der Waals surface area contributed by atoms with Gasteiger partial charge in [0.25, 0.3) is 0 Å². The lowest BCUT2D eigenvalue weighted by molar-refractivity contribution is 0.483. The SMILES string of the molecule is CCc1ccnc(-n2c3ccc(-c4c(C(C)C)cccc4C(C)C)cc3c3ccc(Oc4cccc(N5CN(c6cc(-c7ccccc7)cc(C(C)(C)C)c6)c6ccccc65)c4)cc32)c1. The van der Waals surface area contributed by atoms with E-state index in [-0.39, 0.29) is 5.41 Å². The van der Waals surface area contributed by atoms with E-state index in [9.17, 15) is 0 Å². The van der Waals surface area contributed by atoms with Crippen LogP contribution in [0.25, 0.3) is 49.9 Å². The summed E-state index contributed by atoms with van der Waals surface area (Å²) in [6.07, 6.45) is 2.86. The Hall–Kier alpha value is -7.11. The van der Waals surface area contributed by atoms with E-state index in [1.54, 1.807) is 0 Å². The number of aryl methyl sites for hydroxylation is 1. The molecule has 324 valence electrons. The van der Waals surface area contributed by atoms with Gasteiger partial charge in [-0.1, -0.05) is 134 Å². The van der Waals surface area contributed by atoms with E-state index in [1.165, 1.54) is 66.7 Å². The van der Waals surface area contributed by atoms with Crippen LogP contribution < -0.4 is 14.5 Å². The summed E-state index contributed by atoms with van der Waals surface area (Å²) in [5.74, 6) is 3.26. The molecule has 0 saturated carbocycles. The minimum atomic E-state index is -0.0161. The van der Waals surface area contributed by atoms with Crippen molar-refractivity contribution in [2.75, 3.05) is 16.5 Å². The number of hydrogen-bond acceptors (Lipinski definition) is 4. The molecule has 0 fully saturated rings. The second-order valence-electron chi connectivity index (χ2n) is 19.2. The van der Waals surface area contributed by atoms with Crippen LogP contribution in [0.3, 0.4) is 0 Å². The number of para-hydroxylation sites is 2. The molecule has 1 aliphatic rings. The largest absolute Gasteiger partial charge is 0.457 e. The molecule has 5 nitrogen and oxygen atoms in total. The maximum absolute atomic E-state index is 6.84. The fraction of sp³-hybridized carbons (Fsp3) is 0.217. The molecular weight excluding hydrogens is 793 g/mol. The number of anilines is 4. The molecule has 1 aliphatic heterocycles. The van der Waals surface area contributed by atoms with Crippen LogP contribution in [0.4, 0.5) is 22.7 Å². The molecule has 0 atom stereocenters. The van der Waals surface area contributed by atoms with Gasteiger partial charge in [0.1, 0.15) is 24.0 Å². The predicted molar refractivity (Wildman–Crippen MR) is 274 cm³/mol. The van der Waals surface area contributed by atoms with E-state index in [2.05, 4.69) is 234 Å². The van der Waals surface area contributed by atoms with Crippen LogP contribution in [-0.4, -0.2) is 16.2 Å². The zero-order valence-electron chi connectivity index (χ0n) is 38.9. The first-order chi connectivity index (χ1) is 31.4. The summed E-state index contributed by atoms with van der Waals surface area (Å²) in [6, 6.07) is 59.6. The fourth-order valence-electron chi connectivity index (χ4n) is 9.66. The molecular formula is C60H58N4O. The molecule has 2 aromatic heterocycles. The quantitative estimate of drug-likeness (QED) is 0.137. The number of pyridine rings is 1. The third kappa shape index (κ3) is 7.84. The van der Waals surface area contributed by atoms with Crippen LogP contribution in [0.2, 0.25) is 0 Å². The van der Waals surface area contributed by atoms with Gasteiger partial charge in [-0.2, -0.15) is 0 Å². The predicted octanol–water partition coefficient (Wildman–Crippen LogP) is 16.7. The van der Waals surface area contributed by atoms with Crippen LogP contribution in [-0.2, 0) is 11.8 Å². The number of nitrogens with zero attached hydrogens (tertiary/aromatic N) is 4. The Morgan fingerprint density at radius 2 is 1.25 bits per heavy atom. The number of aromatic nitrogens is 2. The summed E-state index contributed by atoms with van der Waals surface area (Å²) in [5, 5.41) is 2.36. The van der Waals surface area contributed by atoms with Crippen LogP contribution in [0.1, 0.15) is 89.5 Å². The summed E-state index contributed by atoms with van der Waals surface area (Å²) >= 11 is 0. The molecule has 0 radical (unpaired) electrons. The fourth-order valence-corrected chi connectivity index (χ4v) is 9.66. The first kappa shape index (κ1) is 41.9. The van der Waals surface area contributed by atoms with Crippen LogP contribution in [0.5, 0.6) is 11.5 Å². The highest BCUT2D eigenvalue weighted by atomic mass is 16.5. The highest BCUT2D eigenvalue weighted by Gasteiger charge is 2.30. The zero-order chi connectivity index (χ0) is 45.0. The third-order valence-corrected chi connectivity index (χ3v) is 13.2. The van der Waals surface area contributed by atoms with E-state index in [1.807, 2.05) is 6.20 Å². The van der Waals surface area contributed by atoms with Crippen LogP contribution >= 0.6 is 0 Å². The van der Waals surface area contributed by atoms with Gasteiger partial charge >= 0.3 is 0 Å². The van der Waals surface area contributed by atoms with Crippen molar-refractivity contribution >= 4 is 44.6 Å². The molecule has 65 heavy (non-hydrogen) atoms. The van der Waals surface area contributed by atoms with Crippen molar-refractivity contribution in [2.24, 2.45) is 0 Å². The Kier molecular flexibility index (Phi) is 10.8. The lowest BCUT2D eigenvalue weighted by atomic mass is 9.85. The van der Waals surface area contributed by atoms with Gasteiger partial charge in [-0.25, -0.2) is 4.98 Å². The van der Waals surface area contributed by atoms with Crippen LogP contribution in [0.15, 0.2) is 170 Å².